The maximum Gasteiger partial charge on any atom is 0.323 e. The molecular weight excluding hydrogens is 429 g/mol. The number of unbranched alkanes of at least 4 members (excludes halogenated alkanes) is 2. The molecule has 3 rings (SSSR count). The fourth-order valence-electron chi connectivity index (χ4n) is 3.76. The number of ether oxygens (including phenoxy) is 1. The van der Waals surface area contributed by atoms with Crippen LogP contribution in [0.15, 0.2) is 55.1 Å². The van der Waals surface area contributed by atoms with Crippen molar-refractivity contribution < 1.29 is 17.5 Å². The Morgan fingerprint density at radius 1 is 1.19 bits per heavy atom. The molecule has 0 fully saturated rings. The van der Waals surface area contributed by atoms with Crippen molar-refractivity contribution in [1.82, 2.24) is 4.90 Å². The molecular formula is C24H32FN3O3S. The van der Waals surface area contributed by atoms with Gasteiger partial charge in [-0.2, -0.15) is 8.42 Å². The fraction of sp³-hybridized carbons (Fsp3) is 0.417. The lowest BCUT2D eigenvalue weighted by Crippen LogP contribution is -2.39. The van der Waals surface area contributed by atoms with E-state index in [2.05, 4.69) is 23.2 Å². The molecule has 0 saturated heterocycles. The summed E-state index contributed by atoms with van der Waals surface area (Å²) in [5.74, 6) is 0.349. The van der Waals surface area contributed by atoms with Gasteiger partial charge in [0.15, 0.2) is 0 Å². The normalized spacial score (nSPS) is 13.7. The van der Waals surface area contributed by atoms with Crippen LogP contribution in [0.2, 0.25) is 0 Å². The quantitative estimate of drug-likeness (QED) is 0.371. The molecule has 2 aromatic carbocycles. The number of anilines is 2. The van der Waals surface area contributed by atoms with Crippen molar-refractivity contribution in [3.63, 3.8) is 0 Å². The average molecular weight is 462 g/mol. The molecule has 0 unspecified atom stereocenters. The van der Waals surface area contributed by atoms with Crippen molar-refractivity contribution in [2.75, 3.05) is 42.3 Å². The smallest absolute Gasteiger partial charge is 0.323 e. The van der Waals surface area contributed by atoms with E-state index in [4.69, 9.17) is 4.74 Å². The Balaban J connectivity index is 1.55. The van der Waals surface area contributed by atoms with Gasteiger partial charge in [-0.05, 0) is 93.7 Å². The van der Waals surface area contributed by atoms with Gasteiger partial charge in [0.1, 0.15) is 11.6 Å². The Morgan fingerprint density at radius 3 is 2.72 bits per heavy atom. The van der Waals surface area contributed by atoms with E-state index in [0.29, 0.717) is 24.5 Å². The molecule has 0 spiro atoms. The van der Waals surface area contributed by atoms with Gasteiger partial charge in [0.25, 0.3) is 0 Å². The second-order valence-corrected chi connectivity index (χ2v) is 9.64. The molecule has 1 heterocycles. The number of nitrogens with one attached hydrogen (secondary N) is 1. The minimum atomic E-state index is -3.80. The maximum atomic E-state index is 13.1. The summed E-state index contributed by atoms with van der Waals surface area (Å²) in [5.41, 5.74) is 1.93. The van der Waals surface area contributed by atoms with Gasteiger partial charge in [-0.25, -0.2) is 4.39 Å². The molecule has 32 heavy (non-hydrogen) atoms. The molecule has 0 amide bonds. The van der Waals surface area contributed by atoms with Gasteiger partial charge in [0.2, 0.25) is 0 Å². The molecule has 0 bridgehead atoms. The van der Waals surface area contributed by atoms with Crippen LogP contribution in [-0.2, 0) is 16.6 Å². The van der Waals surface area contributed by atoms with Gasteiger partial charge >= 0.3 is 10.2 Å². The first-order valence-corrected chi connectivity index (χ1v) is 12.4. The van der Waals surface area contributed by atoms with Crippen molar-refractivity contribution >= 4 is 21.6 Å². The van der Waals surface area contributed by atoms with Crippen LogP contribution in [0.4, 0.5) is 15.8 Å². The van der Waals surface area contributed by atoms with Gasteiger partial charge in [0, 0.05) is 13.1 Å². The van der Waals surface area contributed by atoms with Crippen LogP contribution in [0.3, 0.4) is 0 Å². The van der Waals surface area contributed by atoms with Gasteiger partial charge < -0.3 is 9.64 Å². The van der Waals surface area contributed by atoms with Gasteiger partial charge in [-0.3, -0.25) is 9.03 Å². The predicted molar refractivity (Wildman–Crippen MR) is 128 cm³/mol. The first kappa shape index (κ1) is 24.1. The largest absolute Gasteiger partial charge is 0.494 e. The Labute approximate surface area is 190 Å². The first-order chi connectivity index (χ1) is 15.4. The highest BCUT2D eigenvalue weighted by Crippen LogP contribution is 2.33. The fourth-order valence-corrected chi connectivity index (χ4v) is 5.11. The molecule has 6 nitrogen and oxygen atoms in total. The maximum absolute atomic E-state index is 13.1. The zero-order valence-corrected chi connectivity index (χ0v) is 19.4. The van der Waals surface area contributed by atoms with E-state index < -0.39 is 16.0 Å². The van der Waals surface area contributed by atoms with Crippen LogP contribution in [0.25, 0.3) is 0 Å². The Bertz CT molecular complexity index is 996. The van der Waals surface area contributed by atoms with E-state index >= 15 is 0 Å². The molecule has 0 saturated carbocycles. The van der Waals surface area contributed by atoms with E-state index in [-0.39, 0.29) is 0 Å². The number of hydrogen-bond acceptors (Lipinski definition) is 4. The van der Waals surface area contributed by atoms with E-state index in [9.17, 15) is 12.8 Å². The lowest BCUT2D eigenvalue weighted by molar-refractivity contribution is 0.295. The molecule has 0 radical (unpaired) electrons. The molecule has 0 aromatic heterocycles. The zero-order valence-electron chi connectivity index (χ0n) is 18.6. The number of nitrogens with zero attached hydrogens (tertiary/aromatic N) is 2. The average Bonchev–Trinajstić information content (AvgIpc) is 2.77. The summed E-state index contributed by atoms with van der Waals surface area (Å²) in [7, 11) is -1.72. The molecule has 1 aliphatic heterocycles. The number of rotatable bonds is 12. The SMILES string of the molecule is C=CCN(C)CCCCCOc1ccc2c(c1)CCCN2S(=O)(=O)Nc1ccc(F)cc1. The number of likely N-dealkylation sites (N-methyl/N-ethyl adjacent to an activating group) is 1. The lowest BCUT2D eigenvalue weighted by Gasteiger charge is -2.31. The van der Waals surface area contributed by atoms with Crippen molar-refractivity contribution in [3.8, 4) is 5.75 Å². The Hall–Kier alpha value is -2.58. The summed E-state index contributed by atoms with van der Waals surface area (Å²) in [4.78, 5) is 2.24. The summed E-state index contributed by atoms with van der Waals surface area (Å²) in [6.07, 6.45) is 6.61. The highest BCUT2D eigenvalue weighted by Gasteiger charge is 2.27. The predicted octanol–water partition coefficient (Wildman–Crippen LogP) is 4.60. The van der Waals surface area contributed by atoms with E-state index in [1.54, 1.807) is 6.07 Å². The number of halogens is 1. The molecule has 0 atom stereocenters. The Morgan fingerprint density at radius 2 is 1.97 bits per heavy atom. The number of aryl methyl sites for hydroxylation is 1. The van der Waals surface area contributed by atoms with Crippen LogP contribution in [0.1, 0.15) is 31.2 Å². The number of benzene rings is 2. The van der Waals surface area contributed by atoms with Gasteiger partial charge in [0.05, 0.1) is 18.0 Å². The minimum Gasteiger partial charge on any atom is -0.494 e. The third kappa shape index (κ3) is 6.71. The van der Waals surface area contributed by atoms with Crippen LogP contribution < -0.4 is 13.8 Å². The summed E-state index contributed by atoms with van der Waals surface area (Å²) in [5, 5.41) is 0. The van der Waals surface area contributed by atoms with E-state index in [0.717, 1.165) is 56.5 Å². The summed E-state index contributed by atoms with van der Waals surface area (Å²) >= 11 is 0. The number of hydrogen-bond donors (Lipinski definition) is 1. The lowest BCUT2D eigenvalue weighted by atomic mass is 10.0. The standard InChI is InChI=1S/C24H32FN3O3S/c1-3-15-27(2)16-5-4-6-18-31-23-13-14-24-20(19-23)8-7-17-28(24)32(29,30)26-22-11-9-21(25)10-12-22/h3,9-14,19,26H,1,4-8,15-18H2,2H3. The molecule has 2 aromatic rings. The monoisotopic (exact) mass is 461 g/mol. The van der Waals surface area contributed by atoms with Crippen LogP contribution in [0, 0.1) is 5.82 Å². The van der Waals surface area contributed by atoms with Crippen molar-refractivity contribution in [2.45, 2.75) is 32.1 Å². The summed E-state index contributed by atoms with van der Waals surface area (Å²) in [6, 6.07) is 10.8. The van der Waals surface area contributed by atoms with Crippen LogP contribution >= 0.6 is 0 Å². The van der Waals surface area contributed by atoms with E-state index in [1.807, 2.05) is 18.2 Å². The molecule has 0 aliphatic carbocycles. The summed E-state index contributed by atoms with van der Waals surface area (Å²) in [6.45, 7) is 6.72. The second-order valence-electron chi connectivity index (χ2n) is 8.04. The zero-order chi connectivity index (χ0) is 23.0. The highest BCUT2D eigenvalue weighted by molar-refractivity contribution is 7.94. The molecule has 174 valence electrons. The molecule has 8 heteroatoms. The second kappa shape index (κ2) is 11.3. The van der Waals surface area contributed by atoms with Gasteiger partial charge in [-0.15, -0.1) is 6.58 Å². The Kier molecular flexibility index (Phi) is 8.53. The highest BCUT2D eigenvalue weighted by atomic mass is 32.2. The number of fused-ring (bicyclic) bond motifs is 1. The third-order valence-electron chi connectivity index (χ3n) is 5.40. The first-order valence-electron chi connectivity index (χ1n) is 11.0. The topological polar surface area (TPSA) is 61.9 Å². The molecule has 1 N–H and O–H groups in total. The van der Waals surface area contributed by atoms with Crippen LogP contribution in [0.5, 0.6) is 5.75 Å². The van der Waals surface area contributed by atoms with Gasteiger partial charge in [-0.1, -0.05) is 6.08 Å². The van der Waals surface area contributed by atoms with Crippen LogP contribution in [-0.4, -0.2) is 46.6 Å². The van der Waals surface area contributed by atoms with Crippen molar-refractivity contribution in [2.24, 2.45) is 0 Å². The molecule has 1 aliphatic rings. The van der Waals surface area contributed by atoms with Crippen molar-refractivity contribution in [1.29, 1.82) is 0 Å². The third-order valence-corrected chi connectivity index (χ3v) is 6.86. The van der Waals surface area contributed by atoms with E-state index in [1.165, 1.54) is 28.6 Å². The summed E-state index contributed by atoms with van der Waals surface area (Å²) < 4.78 is 48.8. The minimum absolute atomic E-state index is 0.328. The van der Waals surface area contributed by atoms with Crippen molar-refractivity contribution in [3.05, 3.63) is 66.5 Å².